The van der Waals surface area contributed by atoms with Crippen molar-refractivity contribution in [3.63, 3.8) is 0 Å². The first-order valence-electron chi connectivity index (χ1n) is 6.22. The van der Waals surface area contributed by atoms with Crippen LogP contribution in [-0.4, -0.2) is 18.0 Å². The molecular formula is C14H21ClN2O. The lowest BCUT2D eigenvalue weighted by molar-refractivity contribution is -0.123. The van der Waals surface area contributed by atoms with Gasteiger partial charge in [-0.05, 0) is 45.4 Å². The summed E-state index contributed by atoms with van der Waals surface area (Å²) in [6.45, 7) is 7.80. The van der Waals surface area contributed by atoms with Crippen molar-refractivity contribution in [2.45, 2.75) is 45.8 Å². The third kappa shape index (κ3) is 4.67. The topological polar surface area (TPSA) is 41.1 Å². The van der Waals surface area contributed by atoms with E-state index in [-0.39, 0.29) is 24.0 Å². The molecule has 2 N–H and O–H groups in total. The van der Waals surface area contributed by atoms with Gasteiger partial charge in [0, 0.05) is 17.1 Å². The molecule has 0 aliphatic heterocycles. The first-order chi connectivity index (χ1) is 8.40. The van der Waals surface area contributed by atoms with Crippen molar-refractivity contribution < 1.29 is 4.79 Å². The quantitative estimate of drug-likeness (QED) is 0.862. The van der Waals surface area contributed by atoms with Gasteiger partial charge in [-0.15, -0.1) is 0 Å². The molecule has 0 radical (unpaired) electrons. The number of hydrogen-bond acceptors (Lipinski definition) is 2. The highest BCUT2D eigenvalue weighted by molar-refractivity contribution is 6.30. The van der Waals surface area contributed by atoms with Crippen molar-refractivity contribution in [1.29, 1.82) is 0 Å². The maximum Gasteiger partial charge on any atom is 0.237 e. The van der Waals surface area contributed by atoms with Crippen molar-refractivity contribution in [1.82, 2.24) is 10.6 Å². The van der Waals surface area contributed by atoms with Gasteiger partial charge in [-0.1, -0.05) is 23.7 Å². The lowest BCUT2D eigenvalue weighted by Gasteiger charge is -2.21. The smallest absolute Gasteiger partial charge is 0.237 e. The van der Waals surface area contributed by atoms with Crippen molar-refractivity contribution in [3.8, 4) is 0 Å². The van der Waals surface area contributed by atoms with E-state index in [0.717, 1.165) is 10.6 Å². The van der Waals surface area contributed by atoms with E-state index in [0.29, 0.717) is 0 Å². The largest absolute Gasteiger partial charge is 0.353 e. The Balaban J connectivity index is 2.56. The van der Waals surface area contributed by atoms with E-state index in [4.69, 9.17) is 11.6 Å². The molecule has 0 spiro atoms. The van der Waals surface area contributed by atoms with Crippen LogP contribution in [0.5, 0.6) is 0 Å². The van der Waals surface area contributed by atoms with Crippen LogP contribution in [0.2, 0.25) is 5.02 Å². The average Bonchev–Trinajstić information content (AvgIpc) is 2.28. The highest BCUT2D eigenvalue weighted by Crippen LogP contribution is 2.16. The van der Waals surface area contributed by atoms with E-state index >= 15 is 0 Å². The van der Waals surface area contributed by atoms with Crippen LogP contribution in [-0.2, 0) is 4.79 Å². The Bertz CT molecular complexity index is 389. The van der Waals surface area contributed by atoms with Crippen LogP contribution in [0.4, 0.5) is 0 Å². The molecule has 0 bridgehead atoms. The van der Waals surface area contributed by atoms with Crippen LogP contribution in [0.1, 0.15) is 39.3 Å². The number of benzene rings is 1. The molecule has 2 atom stereocenters. The van der Waals surface area contributed by atoms with Gasteiger partial charge >= 0.3 is 0 Å². The first kappa shape index (κ1) is 15.0. The standard InChI is InChI=1S/C14H21ClN2O/c1-9(2)16-14(18)11(4)17-10(3)12-5-7-13(15)8-6-12/h5-11,17H,1-4H3,(H,16,18)/t10-,11-/m0/s1. The van der Waals surface area contributed by atoms with Crippen molar-refractivity contribution in [2.24, 2.45) is 0 Å². The van der Waals surface area contributed by atoms with Gasteiger partial charge in [0.1, 0.15) is 0 Å². The predicted molar refractivity (Wildman–Crippen MR) is 75.7 cm³/mol. The third-order valence-electron chi connectivity index (χ3n) is 2.69. The van der Waals surface area contributed by atoms with Gasteiger partial charge in [0.15, 0.2) is 0 Å². The molecule has 0 fully saturated rings. The zero-order chi connectivity index (χ0) is 13.7. The number of rotatable bonds is 5. The van der Waals surface area contributed by atoms with Gasteiger partial charge in [-0.25, -0.2) is 0 Å². The second-order valence-corrected chi connectivity index (χ2v) is 5.26. The summed E-state index contributed by atoms with van der Waals surface area (Å²) in [5, 5.41) is 6.87. The van der Waals surface area contributed by atoms with Gasteiger partial charge < -0.3 is 5.32 Å². The summed E-state index contributed by atoms with van der Waals surface area (Å²) in [7, 11) is 0. The minimum absolute atomic E-state index is 0.0193. The summed E-state index contributed by atoms with van der Waals surface area (Å²) in [6.07, 6.45) is 0. The van der Waals surface area contributed by atoms with Gasteiger partial charge in [-0.3, -0.25) is 10.1 Å². The second-order valence-electron chi connectivity index (χ2n) is 4.82. The molecule has 100 valence electrons. The summed E-state index contributed by atoms with van der Waals surface area (Å²) in [5.41, 5.74) is 1.11. The number of carbonyl (C=O) groups excluding carboxylic acids is 1. The second kappa shape index (κ2) is 6.76. The molecule has 1 aromatic carbocycles. The fourth-order valence-corrected chi connectivity index (χ4v) is 1.83. The number of amides is 1. The third-order valence-corrected chi connectivity index (χ3v) is 2.95. The van der Waals surface area contributed by atoms with Gasteiger partial charge in [0.2, 0.25) is 5.91 Å². The van der Waals surface area contributed by atoms with E-state index in [2.05, 4.69) is 10.6 Å². The highest BCUT2D eigenvalue weighted by atomic mass is 35.5. The van der Waals surface area contributed by atoms with Crippen LogP contribution < -0.4 is 10.6 Å². The Morgan fingerprint density at radius 3 is 2.17 bits per heavy atom. The Morgan fingerprint density at radius 2 is 1.67 bits per heavy atom. The molecule has 0 saturated carbocycles. The summed E-state index contributed by atoms with van der Waals surface area (Å²) < 4.78 is 0. The summed E-state index contributed by atoms with van der Waals surface area (Å²) >= 11 is 5.85. The van der Waals surface area contributed by atoms with Crippen LogP contribution >= 0.6 is 11.6 Å². The fraction of sp³-hybridized carbons (Fsp3) is 0.500. The normalized spacial score (nSPS) is 14.3. The predicted octanol–water partition coefficient (Wildman–Crippen LogP) is 2.90. The lowest BCUT2D eigenvalue weighted by Crippen LogP contribution is -2.45. The lowest BCUT2D eigenvalue weighted by atomic mass is 10.1. The fourth-order valence-electron chi connectivity index (χ4n) is 1.71. The zero-order valence-corrected chi connectivity index (χ0v) is 12.1. The molecule has 4 heteroatoms. The molecule has 1 amide bonds. The highest BCUT2D eigenvalue weighted by Gasteiger charge is 2.16. The summed E-state index contributed by atoms with van der Waals surface area (Å²) in [5.74, 6) is 0.0193. The molecule has 0 aliphatic carbocycles. The molecular weight excluding hydrogens is 248 g/mol. The first-order valence-corrected chi connectivity index (χ1v) is 6.60. The number of hydrogen-bond donors (Lipinski definition) is 2. The molecule has 18 heavy (non-hydrogen) atoms. The molecule has 0 saturated heterocycles. The van der Waals surface area contributed by atoms with Crippen molar-refractivity contribution >= 4 is 17.5 Å². The average molecular weight is 269 g/mol. The van der Waals surface area contributed by atoms with Crippen LogP contribution in [0, 0.1) is 0 Å². The monoisotopic (exact) mass is 268 g/mol. The van der Waals surface area contributed by atoms with Crippen LogP contribution in [0.15, 0.2) is 24.3 Å². The molecule has 3 nitrogen and oxygen atoms in total. The molecule has 0 heterocycles. The van der Waals surface area contributed by atoms with Crippen LogP contribution in [0.25, 0.3) is 0 Å². The Hall–Kier alpha value is -1.06. The van der Waals surface area contributed by atoms with Crippen LogP contribution in [0.3, 0.4) is 0 Å². The zero-order valence-electron chi connectivity index (χ0n) is 11.3. The minimum Gasteiger partial charge on any atom is -0.353 e. The maximum absolute atomic E-state index is 11.8. The van der Waals surface area contributed by atoms with E-state index in [1.807, 2.05) is 52.0 Å². The minimum atomic E-state index is -0.224. The molecule has 1 aromatic rings. The summed E-state index contributed by atoms with van der Waals surface area (Å²) in [4.78, 5) is 11.8. The number of carbonyl (C=O) groups is 1. The Morgan fingerprint density at radius 1 is 1.11 bits per heavy atom. The van der Waals surface area contributed by atoms with E-state index in [1.54, 1.807) is 0 Å². The molecule has 0 aromatic heterocycles. The Kier molecular flexibility index (Phi) is 5.63. The van der Waals surface area contributed by atoms with E-state index in [9.17, 15) is 4.79 Å². The van der Waals surface area contributed by atoms with Gasteiger partial charge in [0.05, 0.1) is 6.04 Å². The molecule has 0 aliphatic rings. The van der Waals surface area contributed by atoms with Gasteiger partial charge in [0.25, 0.3) is 0 Å². The SMILES string of the molecule is CC(C)NC(=O)[C@H](C)N[C@@H](C)c1ccc(Cl)cc1. The van der Waals surface area contributed by atoms with E-state index < -0.39 is 0 Å². The molecule has 1 rings (SSSR count). The maximum atomic E-state index is 11.8. The van der Waals surface area contributed by atoms with Crippen molar-refractivity contribution in [2.75, 3.05) is 0 Å². The summed E-state index contributed by atoms with van der Waals surface area (Å²) in [6, 6.07) is 7.68. The van der Waals surface area contributed by atoms with Gasteiger partial charge in [-0.2, -0.15) is 0 Å². The number of halogens is 1. The number of nitrogens with one attached hydrogen (secondary N) is 2. The van der Waals surface area contributed by atoms with Crippen molar-refractivity contribution in [3.05, 3.63) is 34.9 Å². The Labute approximate surface area is 114 Å². The molecule has 0 unspecified atom stereocenters. The van der Waals surface area contributed by atoms with E-state index in [1.165, 1.54) is 0 Å².